The maximum atomic E-state index is 7.32. The molecule has 0 spiro atoms. The molecule has 4 nitrogen and oxygen atoms in total. The molecule has 70 heavy (non-hydrogen) atoms. The molecule has 8 rings (SSSR count). The van der Waals surface area contributed by atoms with Gasteiger partial charge in [0.1, 0.15) is 0 Å². The Labute approximate surface area is 484 Å². The van der Waals surface area contributed by atoms with E-state index in [0.29, 0.717) is 5.11 Å². The number of nitrogens with two attached hydrogens (primary N) is 1. The van der Waals surface area contributed by atoms with E-state index in [2.05, 4.69) is 260 Å². The maximum absolute atomic E-state index is 7.32. The summed E-state index contributed by atoms with van der Waals surface area (Å²) in [5.74, 6) is 2.35. The first-order chi connectivity index (χ1) is 32.4. The molecule has 0 heterocycles. The molecular weight excluding hydrogens is 1280 g/mol. The number of halogens is 2. The molecule has 0 bridgehead atoms. The maximum Gasteiger partial charge on any atom is 1.00 e. The van der Waals surface area contributed by atoms with Crippen LogP contribution in [0.1, 0.15) is 20.8 Å². The molecule has 0 atom stereocenters. The Kier molecular flexibility index (Phi) is 39.2. The van der Waals surface area contributed by atoms with Crippen molar-refractivity contribution >= 4 is 91.5 Å². The molecule has 13 heteroatoms. The number of benzene rings is 8. The van der Waals surface area contributed by atoms with Gasteiger partial charge in [0.05, 0.1) is 12.1 Å². The minimum Gasteiger partial charge on any atom is -1.00 e. The number of nitrogens with one attached hydrogen (secondary N) is 1. The summed E-state index contributed by atoms with van der Waals surface area (Å²) in [5.41, 5.74) is 5.02. The predicted molar refractivity (Wildman–Crippen MR) is 299 cm³/mol. The standard InChI is InChI=1S/2C25H22P2.C3H8N2S.2C2H3N.2Cu.2HI/c2*1-5-13-22(14-6-1)26(23-15-7-2-8-16-23)21-27(24-17-9-3-10-18-24)25-19-11-4-12-20-25;1-2-5-3(4)6;2*1-2-3;;;;/h2*1-20H,21H2;2H2,1H3,(H3,4,5,6);2*1H3;;;2*1H/q;;;;;2*+1;;/p-2. The molecule has 0 unspecified atom stereocenters. The molecule has 0 radical (unpaired) electrons. The summed E-state index contributed by atoms with van der Waals surface area (Å²) in [6, 6.07) is 91.8. The van der Waals surface area contributed by atoms with Crippen molar-refractivity contribution in [3.05, 3.63) is 243 Å². The number of rotatable bonds is 13. The van der Waals surface area contributed by atoms with E-state index in [4.69, 9.17) is 16.3 Å². The van der Waals surface area contributed by atoms with Gasteiger partial charge in [0.25, 0.3) is 0 Å². The third-order valence-electron chi connectivity index (χ3n) is 9.46. The van der Waals surface area contributed by atoms with Crippen LogP contribution in [-0.2, 0) is 34.1 Å². The van der Waals surface area contributed by atoms with Crippen molar-refractivity contribution in [3.63, 3.8) is 0 Å². The van der Waals surface area contributed by atoms with Gasteiger partial charge in [0.15, 0.2) is 5.11 Å². The van der Waals surface area contributed by atoms with E-state index in [1.54, 1.807) is 12.1 Å². The van der Waals surface area contributed by atoms with Crippen molar-refractivity contribution in [2.24, 2.45) is 5.73 Å². The Bertz CT molecular complexity index is 2100. The molecule has 0 aliphatic rings. The first-order valence-electron chi connectivity index (χ1n) is 21.6. The van der Waals surface area contributed by atoms with Gasteiger partial charge in [-0.15, -0.1) is 0 Å². The number of hydrogen-bond donors (Lipinski definition) is 2. The van der Waals surface area contributed by atoms with Crippen molar-refractivity contribution in [2.45, 2.75) is 20.8 Å². The van der Waals surface area contributed by atoms with Crippen LogP contribution < -0.4 is 101 Å². The van der Waals surface area contributed by atoms with Crippen molar-refractivity contribution in [3.8, 4) is 12.1 Å². The van der Waals surface area contributed by atoms with Gasteiger partial charge in [-0.3, -0.25) is 0 Å². The summed E-state index contributed by atoms with van der Waals surface area (Å²) in [6.45, 7) is 5.62. The second-order valence-electron chi connectivity index (χ2n) is 14.0. The zero-order valence-corrected chi connectivity index (χ0v) is 49.8. The summed E-state index contributed by atoms with van der Waals surface area (Å²) >= 11 is 4.46. The predicted octanol–water partition coefficient (Wildman–Crippen LogP) is 5.32. The van der Waals surface area contributed by atoms with Gasteiger partial charge in [-0.2, -0.15) is 10.5 Å². The van der Waals surface area contributed by atoms with E-state index in [-0.39, 0.29) is 82.1 Å². The van der Waals surface area contributed by atoms with Crippen LogP contribution in [0, 0.1) is 22.7 Å². The minimum absolute atomic E-state index is 0. The summed E-state index contributed by atoms with van der Waals surface area (Å²) in [6.07, 6.45) is 0. The largest absolute Gasteiger partial charge is 1.00 e. The Hall–Kier alpha value is -3.35. The van der Waals surface area contributed by atoms with Crippen LogP contribution in [0.15, 0.2) is 243 Å². The third kappa shape index (κ3) is 24.4. The minimum atomic E-state index is -0.409. The third-order valence-corrected chi connectivity index (χ3v) is 21.5. The van der Waals surface area contributed by atoms with Crippen molar-refractivity contribution in [2.75, 3.05) is 18.4 Å². The Morgan fingerprint density at radius 1 is 0.386 bits per heavy atom. The van der Waals surface area contributed by atoms with Crippen LogP contribution in [0.5, 0.6) is 0 Å². The molecule has 0 amide bonds. The molecular formula is C57H58Cu2I2N4P4S. The molecule has 8 aromatic rings. The van der Waals surface area contributed by atoms with Gasteiger partial charge >= 0.3 is 34.1 Å². The second-order valence-corrected chi connectivity index (χ2v) is 24.3. The van der Waals surface area contributed by atoms with Crippen LogP contribution in [0.3, 0.4) is 0 Å². The van der Waals surface area contributed by atoms with Crippen molar-refractivity contribution < 1.29 is 82.1 Å². The fraction of sp³-hybridized carbons (Fsp3) is 0.105. The molecule has 0 aliphatic heterocycles. The number of thiocarbonyl (C=S) groups is 1. The topological polar surface area (TPSA) is 85.6 Å². The summed E-state index contributed by atoms with van der Waals surface area (Å²) in [5, 5.41) is 29.4. The number of nitrogens with zero attached hydrogens (tertiary/aromatic N) is 2. The van der Waals surface area contributed by atoms with Crippen LogP contribution in [0.4, 0.5) is 0 Å². The van der Waals surface area contributed by atoms with Crippen molar-refractivity contribution in [1.82, 2.24) is 5.32 Å². The Morgan fingerprint density at radius 3 is 0.600 bits per heavy atom. The average Bonchev–Trinajstić information content (AvgIpc) is 3.38. The molecule has 0 aliphatic carbocycles. The van der Waals surface area contributed by atoms with E-state index in [1.807, 2.05) is 6.92 Å². The molecule has 8 aromatic carbocycles. The van der Waals surface area contributed by atoms with E-state index in [9.17, 15) is 0 Å². The number of hydrogen-bond acceptors (Lipinski definition) is 3. The normalized spacial score (nSPS) is 9.39. The Balaban J connectivity index is 0.00000106. The van der Waals surface area contributed by atoms with E-state index in [0.717, 1.165) is 6.54 Å². The van der Waals surface area contributed by atoms with Gasteiger partial charge < -0.3 is 59.0 Å². The summed E-state index contributed by atoms with van der Waals surface area (Å²) < 4.78 is 0. The van der Waals surface area contributed by atoms with Crippen LogP contribution in [-0.4, -0.2) is 23.5 Å². The quantitative estimate of drug-likeness (QED) is 0.0708. The fourth-order valence-electron chi connectivity index (χ4n) is 6.57. The summed E-state index contributed by atoms with van der Waals surface area (Å²) in [7, 11) is -1.63. The smallest absolute Gasteiger partial charge is 1.00 e. The molecule has 0 fully saturated rings. The van der Waals surface area contributed by atoms with E-state index in [1.165, 1.54) is 68.1 Å². The van der Waals surface area contributed by atoms with Gasteiger partial charge in [0.2, 0.25) is 0 Å². The first-order valence-corrected chi connectivity index (χ1v) is 28.1. The molecule has 0 saturated carbocycles. The van der Waals surface area contributed by atoms with Gasteiger partial charge in [-0.25, -0.2) is 0 Å². The monoisotopic (exact) mass is 1330 g/mol. The molecule has 0 aromatic heterocycles. The zero-order chi connectivity index (χ0) is 47.0. The fourth-order valence-corrected chi connectivity index (χ4v) is 19.7. The van der Waals surface area contributed by atoms with Gasteiger partial charge in [0, 0.05) is 32.2 Å². The van der Waals surface area contributed by atoms with Gasteiger partial charge in [-0.1, -0.05) is 243 Å². The molecule has 3 N–H and O–H groups in total. The van der Waals surface area contributed by atoms with Crippen LogP contribution in [0.25, 0.3) is 0 Å². The van der Waals surface area contributed by atoms with Crippen LogP contribution in [0.2, 0.25) is 0 Å². The molecule has 368 valence electrons. The number of nitriles is 2. The molecule has 0 saturated heterocycles. The van der Waals surface area contributed by atoms with Crippen molar-refractivity contribution in [1.29, 1.82) is 10.5 Å². The van der Waals surface area contributed by atoms with Crippen LogP contribution >= 0.6 is 43.9 Å². The summed E-state index contributed by atoms with van der Waals surface area (Å²) in [4.78, 5) is 0. The van der Waals surface area contributed by atoms with E-state index < -0.39 is 31.7 Å². The SMILES string of the molecule is CC#N.CC#N.CCNC(N)=S.[Cu+].[Cu+].[I-].[I-].c1ccc(P(CP(c2ccccc2)c2ccccc2)c2ccccc2)cc1.c1ccc(P(CP(c2ccccc2)c2ccccc2)c2ccccc2)cc1. The Morgan fingerprint density at radius 2 is 0.514 bits per heavy atom. The first kappa shape index (κ1) is 66.6. The second kappa shape index (κ2) is 41.2. The average molecular weight is 1340 g/mol. The zero-order valence-electron chi connectivity index (χ0n) is 39.2. The van der Waals surface area contributed by atoms with E-state index >= 15 is 0 Å². The van der Waals surface area contributed by atoms with Gasteiger partial charge in [-0.05, 0) is 93.3 Å².